The smallest absolute Gasteiger partial charge is 0.276 e. The van der Waals surface area contributed by atoms with Gasteiger partial charge in [0.25, 0.3) is 11.8 Å². The second-order valence-corrected chi connectivity index (χ2v) is 8.07. The van der Waals surface area contributed by atoms with Crippen molar-refractivity contribution in [3.8, 4) is 34.4 Å². The lowest BCUT2D eigenvalue weighted by Gasteiger charge is -2.16. The molecule has 0 aliphatic carbocycles. The highest BCUT2D eigenvalue weighted by atomic mass is 35.5. The number of hydrogen-bond acceptors (Lipinski definition) is 6. The van der Waals surface area contributed by atoms with E-state index in [1.54, 1.807) is 24.3 Å². The van der Waals surface area contributed by atoms with Crippen molar-refractivity contribution in [2.24, 2.45) is 0 Å². The Morgan fingerprint density at radius 1 is 1.00 bits per heavy atom. The molecule has 35 heavy (non-hydrogen) atoms. The van der Waals surface area contributed by atoms with Crippen molar-refractivity contribution in [1.82, 2.24) is 10.9 Å². The van der Waals surface area contributed by atoms with Crippen LogP contribution >= 0.6 is 11.6 Å². The lowest BCUT2D eigenvalue weighted by atomic mass is 10.0. The first-order chi connectivity index (χ1) is 16.8. The monoisotopic (exact) mass is 493 g/mol. The molecule has 180 valence electrons. The highest BCUT2D eigenvalue weighted by molar-refractivity contribution is 6.32. The van der Waals surface area contributed by atoms with E-state index in [0.29, 0.717) is 22.8 Å². The maximum Gasteiger partial charge on any atom is 0.276 e. The second-order valence-electron chi connectivity index (χ2n) is 7.66. The first-order valence-corrected chi connectivity index (χ1v) is 11.0. The Morgan fingerprint density at radius 3 is 2.20 bits per heavy atom. The third kappa shape index (κ3) is 6.88. The second kappa shape index (κ2) is 11.8. The molecule has 9 heteroatoms. The number of nitriles is 1. The minimum absolute atomic E-state index is 0.132. The number of nitrogens with one attached hydrogen (secondary N) is 2. The van der Waals surface area contributed by atoms with Crippen molar-refractivity contribution in [1.29, 1.82) is 5.26 Å². The van der Waals surface area contributed by atoms with Crippen LogP contribution in [0.2, 0.25) is 5.02 Å². The molecule has 0 fully saturated rings. The Labute approximate surface area is 208 Å². The summed E-state index contributed by atoms with van der Waals surface area (Å²) in [5.74, 6) is -0.00583. The zero-order valence-corrected chi connectivity index (χ0v) is 20.2. The van der Waals surface area contributed by atoms with Gasteiger partial charge in [-0.15, -0.1) is 0 Å². The average molecular weight is 494 g/mol. The van der Waals surface area contributed by atoms with Gasteiger partial charge < -0.3 is 14.2 Å². The van der Waals surface area contributed by atoms with Gasteiger partial charge in [0.15, 0.2) is 18.1 Å². The Bertz CT molecular complexity index is 1240. The molecule has 0 bridgehead atoms. The summed E-state index contributed by atoms with van der Waals surface area (Å²) >= 11 is 6.24. The van der Waals surface area contributed by atoms with Gasteiger partial charge in [0.05, 0.1) is 29.9 Å². The summed E-state index contributed by atoms with van der Waals surface area (Å²) in [6, 6.07) is 19.3. The van der Waals surface area contributed by atoms with Crippen LogP contribution in [0.5, 0.6) is 17.2 Å². The van der Waals surface area contributed by atoms with Gasteiger partial charge in [-0.05, 0) is 61.4 Å². The van der Waals surface area contributed by atoms with Crippen LogP contribution in [0.25, 0.3) is 11.1 Å². The molecular weight excluding hydrogens is 470 g/mol. The molecule has 0 aromatic heterocycles. The first-order valence-electron chi connectivity index (χ1n) is 10.7. The summed E-state index contributed by atoms with van der Waals surface area (Å²) in [5, 5.41) is 9.11. The lowest BCUT2D eigenvalue weighted by molar-refractivity contribution is -0.123. The maximum absolute atomic E-state index is 12.5. The van der Waals surface area contributed by atoms with Gasteiger partial charge in [0.2, 0.25) is 0 Å². The highest BCUT2D eigenvalue weighted by Gasteiger charge is 2.17. The highest BCUT2D eigenvalue weighted by Crippen LogP contribution is 2.37. The number of halogens is 1. The molecule has 0 radical (unpaired) electrons. The Balaban J connectivity index is 1.52. The first kappa shape index (κ1) is 25.4. The summed E-state index contributed by atoms with van der Waals surface area (Å²) in [4.78, 5) is 24.6. The minimum atomic E-state index is -0.582. The zero-order valence-electron chi connectivity index (χ0n) is 19.4. The van der Waals surface area contributed by atoms with Crippen LogP contribution in [0.15, 0.2) is 60.7 Å². The van der Waals surface area contributed by atoms with E-state index >= 15 is 0 Å². The van der Waals surface area contributed by atoms with E-state index in [0.717, 1.165) is 11.1 Å². The number of rotatable bonds is 8. The molecule has 0 saturated heterocycles. The molecule has 0 aliphatic rings. The number of ether oxygens (including phenoxy) is 3. The van der Waals surface area contributed by atoms with Crippen LogP contribution in [0, 0.1) is 11.3 Å². The van der Waals surface area contributed by atoms with E-state index in [2.05, 4.69) is 16.9 Å². The number of nitrogens with zero attached hydrogens (tertiary/aromatic N) is 1. The third-order valence-electron chi connectivity index (χ3n) is 4.73. The molecule has 2 amide bonds. The standard InChI is InChI=1S/C26H24ClN3O5/c1-16(2)35-25-22(27)12-20(13-23(25)33-3)26(32)30-29-24(31)15-34-21-10-8-19(9-11-21)18-6-4-17(14-28)5-7-18/h4-13,16H,15H2,1-3H3,(H,29,31)(H,30,32). The van der Waals surface area contributed by atoms with E-state index in [1.807, 2.05) is 38.1 Å². The molecule has 2 N–H and O–H groups in total. The average Bonchev–Trinajstić information content (AvgIpc) is 2.87. The number of methoxy groups -OCH3 is 1. The van der Waals surface area contributed by atoms with E-state index < -0.39 is 11.8 Å². The molecule has 8 nitrogen and oxygen atoms in total. The van der Waals surface area contributed by atoms with E-state index in [4.69, 9.17) is 31.1 Å². The number of hydrazine groups is 1. The molecule has 0 heterocycles. The minimum Gasteiger partial charge on any atom is -0.493 e. The fraction of sp³-hybridized carbons (Fsp3) is 0.192. The Morgan fingerprint density at radius 2 is 1.63 bits per heavy atom. The van der Waals surface area contributed by atoms with Gasteiger partial charge in [0.1, 0.15) is 5.75 Å². The van der Waals surface area contributed by atoms with Gasteiger partial charge in [-0.25, -0.2) is 0 Å². The zero-order chi connectivity index (χ0) is 25.4. The summed E-state index contributed by atoms with van der Waals surface area (Å²) in [6.07, 6.45) is -0.132. The molecular formula is C26H24ClN3O5. The summed E-state index contributed by atoms with van der Waals surface area (Å²) in [7, 11) is 1.44. The van der Waals surface area contributed by atoms with Gasteiger partial charge >= 0.3 is 0 Å². The number of hydrogen-bond donors (Lipinski definition) is 2. The summed E-state index contributed by atoms with van der Waals surface area (Å²) in [5.41, 5.74) is 7.28. The Hall–Kier alpha value is -4.22. The molecule has 0 unspecified atom stereocenters. The van der Waals surface area contributed by atoms with Crippen LogP contribution < -0.4 is 25.1 Å². The normalized spacial score (nSPS) is 10.3. The van der Waals surface area contributed by atoms with Crippen LogP contribution in [0.4, 0.5) is 0 Å². The third-order valence-corrected chi connectivity index (χ3v) is 5.01. The SMILES string of the molecule is COc1cc(C(=O)NNC(=O)COc2ccc(-c3ccc(C#N)cc3)cc2)cc(Cl)c1OC(C)C. The van der Waals surface area contributed by atoms with Crippen molar-refractivity contribution in [3.05, 3.63) is 76.8 Å². The number of carbonyl (C=O) groups excluding carboxylic acids is 2. The number of carbonyl (C=O) groups is 2. The number of benzene rings is 3. The van der Waals surface area contributed by atoms with E-state index in [9.17, 15) is 9.59 Å². The predicted octanol–water partition coefficient (Wildman–Crippen LogP) is 4.51. The fourth-order valence-electron chi connectivity index (χ4n) is 3.07. The van der Waals surface area contributed by atoms with Crippen molar-refractivity contribution in [2.75, 3.05) is 13.7 Å². The molecule has 3 rings (SSSR count). The van der Waals surface area contributed by atoms with Crippen molar-refractivity contribution < 1.29 is 23.8 Å². The van der Waals surface area contributed by atoms with Crippen LogP contribution in [-0.4, -0.2) is 31.6 Å². The van der Waals surface area contributed by atoms with Crippen molar-refractivity contribution >= 4 is 23.4 Å². The molecule has 3 aromatic carbocycles. The summed E-state index contributed by atoms with van der Waals surface area (Å²) < 4.78 is 16.4. The maximum atomic E-state index is 12.5. The van der Waals surface area contributed by atoms with Crippen molar-refractivity contribution in [3.63, 3.8) is 0 Å². The fourth-order valence-corrected chi connectivity index (χ4v) is 3.32. The predicted molar refractivity (Wildman–Crippen MR) is 131 cm³/mol. The number of amides is 2. The largest absolute Gasteiger partial charge is 0.493 e. The molecule has 0 atom stereocenters. The van der Waals surface area contributed by atoms with Gasteiger partial charge in [-0.2, -0.15) is 5.26 Å². The molecule has 0 saturated carbocycles. The van der Waals surface area contributed by atoms with Crippen LogP contribution in [0.3, 0.4) is 0 Å². The van der Waals surface area contributed by atoms with E-state index in [-0.39, 0.29) is 23.3 Å². The van der Waals surface area contributed by atoms with Gasteiger partial charge in [-0.1, -0.05) is 35.9 Å². The van der Waals surface area contributed by atoms with Gasteiger partial charge in [-0.3, -0.25) is 20.4 Å². The lowest BCUT2D eigenvalue weighted by Crippen LogP contribution is -2.43. The molecule has 3 aromatic rings. The van der Waals surface area contributed by atoms with E-state index in [1.165, 1.54) is 19.2 Å². The molecule has 0 aliphatic heterocycles. The van der Waals surface area contributed by atoms with Crippen LogP contribution in [0.1, 0.15) is 29.8 Å². The van der Waals surface area contributed by atoms with Crippen molar-refractivity contribution in [2.45, 2.75) is 20.0 Å². The quantitative estimate of drug-likeness (QED) is 0.447. The molecule has 0 spiro atoms. The topological polar surface area (TPSA) is 110 Å². The summed E-state index contributed by atoms with van der Waals surface area (Å²) in [6.45, 7) is 3.39. The Kier molecular flexibility index (Phi) is 8.54. The van der Waals surface area contributed by atoms with Crippen LogP contribution in [-0.2, 0) is 4.79 Å². The van der Waals surface area contributed by atoms with Gasteiger partial charge in [0, 0.05) is 5.56 Å².